The molecule has 7 N–H and O–H groups in total. The molecule has 268 valence electrons. The molecule has 0 radical (unpaired) electrons. The Balaban J connectivity index is -0.0000000892. The number of hydrogen-bond donors (Lipinski definition) is 6. The fraction of sp³-hybridized carbons (Fsp3) is 0.667. The van der Waals surface area contributed by atoms with E-state index < -0.39 is 36.4 Å². The van der Waals surface area contributed by atoms with Gasteiger partial charge in [-0.2, -0.15) is 0 Å². The number of aliphatic hydroxyl groups is 5. The predicted molar refractivity (Wildman–Crippen MR) is 154 cm³/mol. The van der Waals surface area contributed by atoms with E-state index in [0.29, 0.717) is 6.61 Å². The zero-order valence-corrected chi connectivity index (χ0v) is 46.3. The van der Waals surface area contributed by atoms with Crippen LogP contribution in [0.15, 0.2) is 12.7 Å². The summed E-state index contributed by atoms with van der Waals surface area (Å²) in [5.74, 6) is -0.419. The van der Waals surface area contributed by atoms with Crippen molar-refractivity contribution in [3.05, 3.63) is 55.3 Å². The molecule has 0 rings (SSSR count). The van der Waals surface area contributed by atoms with Gasteiger partial charge in [0.1, 0.15) is 6.10 Å². The molecule has 3 atom stereocenters. The number of aliphatic hydroxyl groups excluding tert-OH is 5. The van der Waals surface area contributed by atoms with Gasteiger partial charge >= 0.3 is 0 Å². The van der Waals surface area contributed by atoms with Gasteiger partial charge in [0.25, 0.3) is 0 Å². The van der Waals surface area contributed by atoms with Gasteiger partial charge in [0.05, 0.1) is 64.1 Å². The summed E-state index contributed by atoms with van der Waals surface area (Å²) in [6.45, 7) is 5.63. The van der Waals surface area contributed by atoms with E-state index in [2.05, 4.69) is 77.7 Å². The number of hydrogen-bond acceptors (Lipinski definition) is 15. The number of carbonyl (C=O) groups excluding carboxylic acids is 1. The van der Waals surface area contributed by atoms with Crippen molar-refractivity contribution in [1.82, 2.24) is 0 Å². The van der Waals surface area contributed by atoms with Crippen molar-refractivity contribution in [2.45, 2.75) is 36.9 Å². The van der Waals surface area contributed by atoms with Crippen molar-refractivity contribution in [3.63, 3.8) is 0 Å². The number of amides is 1. The Kier molecular flexibility index (Phi) is 59.3. The fourth-order valence-electron chi connectivity index (χ4n) is 2.08. The monoisotopic (exact) mass is 1430 g/mol. The van der Waals surface area contributed by atoms with Crippen LogP contribution in [0.4, 0.5) is 0 Å². The second-order valence-corrected chi connectivity index (χ2v) is 8.15. The summed E-state index contributed by atoms with van der Waals surface area (Å²) >= 11 is 0. The van der Waals surface area contributed by atoms with Crippen LogP contribution in [0.2, 0.25) is 0 Å². The third-order valence-electron chi connectivity index (χ3n) is 3.83. The Hall–Kier alpha value is -4.35. The van der Waals surface area contributed by atoms with Gasteiger partial charge in [0.15, 0.2) is 0 Å². The molecule has 0 aromatic heterocycles. The molecule has 0 fully saturated rings. The Morgan fingerprint density at radius 1 is 0.543 bits per heavy atom. The van der Waals surface area contributed by atoms with E-state index in [4.69, 9.17) is 40.4 Å². The van der Waals surface area contributed by atoms with Crippen LogP contribution in [0, 0.1) is 42.7 Å². The second-order valence-electron chi connectivity index (χ2n) is 8.15. The van der Waals surface area contributed by atoms with Crippen molar-refractivity contribution < 1.29 is 73.0 Å². The van der Waals surface area contributed by atoms with Crippen LogP contribution in [0.3, 0.4) is 0 Å². The summed E-state index contributed by atoms with van der Waals surface area (Å²) in [6.07, 6.45) is -1.56. The number of ether oxygens (including phenoxy) is 9. The minimum absolute atomic E-state index is 0. The maximum atomic E-state index is 10.2. The third kappa shape index (κ3) is 59.1. The van der Waals surface area contributed by atoms with E-state index in [9.17, 15) is 9.90 Å². The summed E-state index contributed by atoms with van der Waals surface area (Å²) in [5.41, 5.74) is 4.85. The van der Waals surface area contributed by atoms with Crippen molar-refractivity contribution in [1.29, 1.82) is 0 Å². The number of carbonyl (C=O) groups is 1. The van der Waals surface area contributed by atoms with Gasteiger partial charge in [0.2, 0.25) is 5.91 Å². The topological polar surface area (TPSA) is 227 Å². The Bertz CT molecular complexity index is 539. The molecule has 0 aliphatic rings. The largest absolute Gasteiger partial charge is 0.553 e. The SMILES string of the molecule is C=CCOCC(O)COCC(O)CO[CH2-].[CH2-]OCC(O)COCCC(N)=O.[CH2-]OCC(O)CO[CH2-].[CH2-]OCC(O)CO[CH2-].[Rf].[Rf].[Rf]. The first-order valence-corrected chi connectivity index (χ1v) is 12.7. The number of nitrogens with two attached hydrogens (primary N) is 1. The quantitative estimate of drug-likeness (QED) is 0.0356. The van der Waals surface area contributed by atoms with Crippen molar-refractivity contribution >= 4 is 5.91 Å². The molecule has 0 spiro atoms. The molecule has 19 heteroatoms. The van der Waals surface area contributed by atoms with E-state index in [-0.39, 0.29) is 79.1 Å². The molecule has 1 amide bonds. The first-order chi connectivity index (χ1) is 20.5. The Morgan fingerprint density at radius 2 is 0.804 bits per heavy atom. The maximum Gasteiger partial charge on any atom is 0.219 e. The van der Waals surface area contributed by atoms with Crippen LogP contribution < -0.4 is 5.73 Å². The summed E-state index contributed by atoms with van der Waals surface area (Å²) in [7, 11) is 18.5. The molecule has 0 heterocycles. The summed E-state index contributed by atoms with van der Waals surface area (Å²) in [4.78, 5) is 10.2. The van der Waals surface area contributed by atoms with Crippen molar-refractivity contribution in [2.24, 2.45) is 5.73 Å². The minimum Gasteiger partial charge on any atom is -0.553 e. The van der Waals surface area contributed by atoms with Gasteiger partial charge in [-0.05, 0) is 0 Å². The first kappa shape index (κ1) is 57.3. The van der Waals surface area contributed by atoms with Crippen molar-refractivity contribution in [2.75, 3.05) is 79.3 Å². The molecule has 46 heavy (non-hydrogen) atoms. The average Bonchev–Trinajstić information content (AvgIpc) is 2.93. The van der Waals surface area contributed by atoms with Crippen LogP contribution in [0.25, 0.3) is 0 Å². The third-order valence-corrected chi connectivity index (χ3v) is 3.83. The van der Waals surface area contributed by atoms with E-state index in [1.807, 2.05) is 0 Å². The Morgan fingerprint density at radius 3 is 1.09 bits per heavy atom. The number of primary amides is 1. The van der Waals surface area contributed by atoms with E-state index in [0.717, 1.165) is 0 Å². The maximum absolute atomic E-state index is 10.2. The number of rotatable bonds is 25. The zero-order chi connectivity index (χ0) is 33.7. The molecule has 0 bridgehead atoms. The fourth-order valence-corrected chi connectivity index (χ4v) is 2.08. The van der Waals surface area contributed by atoms with Crippen LogP contribution in [0.1, 0.15) is 6.42 Å². The molecule has 3 unspecified atom stereocenters. The standard InChI is InChI=1S/C10H19O5.C7H14NO4.2C5H10O3.3Rf/c1-3-4-14-6-10(12)8-15-7-9(11)5-13-2;1-11-4-6(9)5-12-3-2-7(8)10;2*1-7-3-5(6)4-8-2;;;/h3,9-12H,1-2,4-8H2;6,9H,1-5H2,(H2,8,10);2*5-6H,1-4H2;;;/q2*-1;2*-2;;;. The van der Waals surface area contributed by atoms with Gasteiger partial charge in [-0.3, -0.25) is 4.79 Å². The smallest absolute Gasteiger partial charge is 0.219 e. The molecule has 0 aliphatic carbocycles. The normalized spacial score (nSPS) is 11.8. The Labute approximate surface area is 256 Å². The van der Waals surface area contributed by atoms with Gasteiger partial charge < -0.3 is 73.9 Å². The summed E-state index contributed by atoms with van der Waals surface area (Å²) in [5, 5.41) is 44.9. The molecule has 0 aliphatic heterocycles. The van der Waals surface area contributed by atoms with E-state index >= 15 is 0 Å². The second kappa shape index (κ2) is 47.6. The van der Waals surface area contributed by atoms with Crippen molar-refractivity contribution in [3.8, 4) is 0 Å². The van der Waals surface area contributed by atoms with E-state index in [1.165, 1.54) is 0 Å². The van der Waals surface area contributed by atoms with Crippen LogP contribution in [0.5, 0.6) is 0 Å². The predicted octanol–water partition coefficient (Wildman–Crippen LogP) is -1.29. The van der Waals surface area contributed by atoms with Gasteiger partial charge in [-0.15, -0.1) is 6.58 Å². The minimum atomic E-state index is -0.719. The molecule has 0 aromatic carbocycles. The first-order valence-electron chi connectivity index (χ1n) is 12.7. The molecule has 0 aromatic rings. The molecule has 0 saturated carbocycles. The van der Waals surface area contributed by atoms with Gasteiger partial charge in [-0.25, -0.2) is 42.7 Å². The molecule has 0 saturated heterocycles. The molecular formula is C27H53NO15Rf3-6. The zero-order valence-electron chi connectivity index (χ0n) is 27.1. The molecular weight excluding hydrogens is 1380 g/mol. The van der Waals surface area contributed by atoms with Crippen LogP contribution in [-0.2, 0) is 47.4 Å². The van der Waals surface area contributed by atoms with Gasteiger partial charge in [0, 0.05) is 46.1 Å². The van der Waals surface area contributed by atoms with Crippen LogP contribution >= 0.6 is 0 Å². The summed E-state index contributed by atoms with van der Waals surface area (Å²) < 4.78 is 41.2. The van der Waals surface area contributed by atoms with Gasteiger partial charge in [-0.1, -0.05) is 6.08 Å². The molecule has 16 nitrogen and oxygen atoms in total. The summed E-state index contributed by atoms with van der Waals surface area (Å²) in [6, 6.07) is 0. The van der Waals surface area contributed by atoms with Crippen LogP contribution in [-0.4, -0.2) is 141 Å². The average molecular weight is 1430 g/mol. The van der Waals surface area contributed by atoms with E-state index in [1.54, 1.807) is 6.08 Å².